The number of hydrogen-bond donors (Lipinski definition) is 1. The highest BCUT2D eigenvalue weighted by molar-refractivity contribution is 5.26. The first kappa shape index (κ1) is 15.5. The Morgan fingerprint density at radius 3 is 2.05 bits per heavy atom. The quantitative estimate of drug-likeness (QED) is 0.901. The van der Waals surface area contributed by atoms with Crippen LogP contribution in [0.5, 0.6) is 0 Å². The van der Waals surface area contributed by atoms with Gasteiger partial charge in [0.1, 0.15) is 0 Å². The maximum absolute atomic E-state index is 6.38. The summed E-state index contributed by atoms with van der Waals surface area (Å²) in [5, 5.41) is 0. The highest BCUT2D eigenvalue weighted by Crippen LogP contribution is 2.30. The molecule has 1 aliphatic rings. The molecule has 1 aromatic carbocycles. The zero-order chi connectivity index (χ0) is 14.8. The van der Waals surface area contributed by atoms with Crippen LogP contribution in [-0.4, -0.2) is 24.5 Å². The fraction of sp³-hybridized carbons (Fsp3) is 0.667. The van der Waals surface area contributed by atoms with E-state index in [1.165, 1.54) is 37.1 Å². The van der Waals surface area contributed by atoms with Crippen molar-refractivity contribution in [2.75, 3.05) is 19.6 Å². The lowest BCUT2D eigenvalue weighted by molar-refractivity contribution is 0.127. The number of benzene rings is 1. The van der Waals surface area contributed by atoms with Crippen molar-refractivity contribution in [3.63, 3.8) is 0 Å². The third-order valence-electron chi connectivity index (χ3n) is 4.70. The Morgan fingerprint density at radius 1 is 1.05 bits per heavy atom. The normalized spacial score (nSPS) is 21.1. The van der Waals surface area contributed by atoms with Crippen LogP contribution < -0.4 is 5.73 Å². The van der Waals surface area contributed by atoms with Crippen LogP contribution in [0.3, 0.4) is 0 Å². The Labute approximate surface area is 124 Å². The van der Waals surface area contributed by atoms with Crippen LogP contribution in [0.25, 0.3) is 0 Å². The molecule has 1 fully saturated rings. The average Bonchev–Trinajstić information content (AvgIpc) is 2.41. The second kappa shape index (κ2) is 6.28. The monoisotopic (exact) mass is 274 g/mol. The fourth-order valence-electron chi connectivity index (χ4n) is 2.85. The van der Waals surface area contributed by atoms with Gasteiger partial charge >= 0.3 is 0 Å². The average molecular weight is 274 g/mol. The minimum atomic E-state index is 0.137. The SMILES string of the molecule is CC(C)c1ccc(C(N)CN2CCC(C)(C)CC2)cc1. The molecule has 1 aliphatic heterocycles. The summed E-state index contributed by atoms with van der Waals surface area (Å²) in [6.45, 7) is 12.5. The molecule has 2 rings (SSSR count). The van der Waals surface area contributed by atoms with Gasteiger partial charge in [0.2, 0.25) is 0 Å². The Hall–Kier alpha value is -0.860. The molecule has 0 saturated carbocycles. The summed E-state index contributed by atoms with van der Waals surface area (Å²) in [6, 6.07) is 8.98. The minimum absolute atomic E-state index is 0.137. The molecule has 0 bridgehead atoms. The molecule has 20 heavy (non-hydrogen) atoms. The van der Waals surface area contributed by atoms with Gasteiger partial charge in [-0.25, -0.2) is 0 Å². The van der Waals surface area contributed by atoms with Gasteiger partial charge < -0.3 is 10.6 Å². The number of nitrogens with zero attached hydrogens (tertiary/aromatic N) is 1. The molecule has 0 aliphatic carbocycles. The van der Waals surface area contributed by atoms with E-state index in [4.69, 9.17) is 5.73 Å². The molecule has 1 atom stereocenters. The van der Waals surface area contributed by atoms with E-state index in [1.807, 2.05) is 0 Å². The summed E-state index contributed by atoms with van der Waals surface area (Å²) in [4.78, 5) is 2.52. The molecule has 1 saturated heterocycles. The van der Waals surface area contributed by atoms with Crippen LogP contribution in [0.15, 0.2) is 24.3 Å². The summed E-state index contributed by atoms with van der Waals surface area (Å²) in [5.74, 6) is 0.588. The van der Waals surface area contributed by atoms with Gasteiger partial charge in [-0.05, 0) is 48.4 Å². The van der Waals surface area contributed by atoms with Gasteiger partial charge in [-0.15, -0.1) is 0 Å². The standard InChI is InChI=1S/C18H30N2/c1-14(2)15-5-7-16(8-6-15)17(19)13-20-11-9-18(3,4)10-12-20/h5-8,14,17H,9-13,19H2,1-4H3. The number of hydrogen-bond acceptors (Lipinski definition) is 2. The maximum atomic E-state index is 6.38. The summed E-state index contributed by atoms with van der Waals surface area (Å²) in [6.07, 6.45) is 2.57. The van der Waals surface area contributed by atoms with Crippen molar-refractivity contribution >= 4 is 0 Å². The van der Waals surface area contributed by atoms with Crippen LogP contribution in [0.1, 0.15) is 63.6 Å². The topological polar surface area (TPSA) is 29.3 Å². The first-order chi connectivity index (χ1) is 9.37. The maximum Gasteiger partial charge on any atom is 0.0424 e. The van der Waals surface area contributed by atoms with Gasteiger partial charge in [0, 0.05) is 12.6 Å². The highest BCUT2D eigenvalue weighted by atomic mass is 15.1. The van der Waals surface area contributed by atoms with Crippen molar-refractivity contribution in [3.8, 4) is 0 Å². The summed E-state index contributed by atoms with van der Waals surface area (Å²) in [5.41, 5.74) is 9.54. The summed E-state index contributed by atoms with van der Waals surface area (Å²) >= 11 is 0. The second-order valence-electron chi connectivity index (χ2n) is 7.39. The summed E-state index contributed by atoms with van der Waals surface area (Å²) < 4.78 is 0. The third-order valence-corrected chi connectivity index (χ3v) is 4.70. The molecule has 2 heteroatoms. The van der Waals surface area contributed by atoms with Crippen molar-refractivity contribution in [2.24, 2.45) is 11.1 Å². The van der Waals surface area contributed by atoms with Crippen molar-refractivity contribution < 1.29 is 0 Å². The van der Waals surface area contributed by atoms with Crippen molar-refractivity contribution in [2.45, 2.75) is 52.5 Å². The van der Waals surface area contributed by atoms with E-state index < -0.39 is 0 Å². The van der Waals surface area contributed by atoms with E-state index in [-0.39, 0.29) is 6.04 Å². The first-order valence-corrected chi connectivity index (χ1v) is 7.95. The van der Waals surface area contributed by atoms with E-state index in [0.717, 1.165) is 6.54 Å². The van der Waals surface area contributed by atoms with Gasteiger partial charge in [0.05, 0.1) is 0 Å². The number of nitrogens with two attached hydrogens (primary N) is 1. The molecule has 0 amide bonds. The van der Waals surface area contributed by atoms with E-state index in [2.05, 4.69) is 56.9 Å². The Bertz CT molecular complexity index is 410. The third kappa shape index (κ3) is 4.07. The van der Waals surface area contributed by atoms with Gasteiger partial charge in [0.25, 0.3) is 0 Å². The van der Waals surface area contributed by atoms with E-state index in [1.54, 1.807) is 0 Å². The lowest BCUT2D eigenvalue weighted by Crippen LogP contribution is -2.40. The molecule has 1 aromatic rings. The lowest BCUT2D eigenvalue weighted by atomic mass is 9.82. The molecule has 0 aromatic heterocycles. The highest BCUT2D eigenvalue weighted by Gasteiger charge is 2.26. The predicted molar refractivity (Wildman–Crippen MR) is 86.9 cm³/mol. The first-order valence-electron chi connectivity index (χ1n) is 7.95. The van der Waals surface area contributed by atoms with Gasteiger partial charge in [-0.3, -0.25) is 0 Å². The van der Waals surface area contributed by atoms with Crippen LogP contribution in [0.2, 0.25) is 0 Å². The van der Waals surface area contributed by atoms with Gasteiger partial charge in [-0.1, -0.05) is 52.0 Å². The Balaban J connectivity index is 1.90. The molecule has 0 spiro atoms. The number of likely N-dealkylation sites (tertiary alicyclic amines) is 1. The van der Waals surface area contributed by atoms with Crippen LogP contribution in [-0.2, 0) is 0 Å². The van der Waals surface area contributed by atoms with Crippen LogP contribution >= 0.6 is 0 Å². The second-order valence-corrected chi connectivity index (χ2v) is 7.39. The minimum Gasteiger partial charge on any atom is -0.323 e. The van der Waals surface area contributed by atoms with E-state index in [9.17, 15) is 0 Å². The van der Waals surface area contributed by atoms with Crippen LogP contribution in [0, 0.1) is 5.41 Å². The smallest absolute Gasteiger partial charge is 0.0424 e. The number of rotatable bonds is 4. The predicted octanol–water partition coefficient (Wildman–Crippen LogP) is 3.93. The van der Waals surface area contributed by atoms with Crippen LogP contribution in [0.4, 0.5) is 0 Å². The zero-order valence-electron chi connectivity index (χ0n) is 13.5. The van der Waals surface area contributed by atoms with Crippen molar-refractivity contribution in [1.82, 2.24) is 4.90 Å². The molecule has 2 N–H and O–H groups in total. The molecule has 0 radical (unpaired) electrons. The fourth-order valence-corrected chi connectivity index (χ4v) is 2.85. The molecular weight excluding hydrogens is 244 g/mol. The Morgan fingerprint density at radius 2 is 1.55 bits per heavy atom. The van der Waals surface area contributed by atoms with Crippen molar-refractivity contribution in [1.29, 1.82) is 0 Å². The van der Waals surface area contributed by atoms with Gasteiger partial charge in [0.15, 0.2) is 0 Å². The summed E-state index contributed by atoms with van der Waals surface area (Å²) in [7, 11) is 0. The van der Waals surface area contributed by atoms with Crippen molar-refractivity contribution in [3.05, 3.63) is 35.4 Å². The van der Waals surface area contributed by atoms with Gasteiger partial charge in [-0.2, -0.15) is 0 Å². The molecular formula is C18H30N2. The molecule has 112 valence electrons. The number of piperidine rings is 1. The zero-order valence-corrected chi connectivity index (χ0v) is 13.5. The molecule has 2 nitrogen and oxygen atoms in total. The van der Waals surface area contributed by atoms with E-state index >= 15 is 0 Å². The molecule has 1 unspecified atom stereocenters. The Kier molecular flexibility index (Phi) is 4.87. The molecule has 1 heterocycles. The largest absolute Gasteiger partial charge is 0.323 e. The van der Waals surface area contributed by atoms with E-state index in [0.29, 0.717) is 11.3 Å². The lowest BCUT2D eigenvalue weighted by Gasteiger charge is -2.38.